The molecule has 0 unspecified atom stereocenters. The Labute approximate surface area is 197 Å². The van der Waals surface area contributed by atoms with Crippen LogP contribution in [0.4, 0.5) is 5.95 Å². The first-order valence-corrected chi connectivity index (χ1v) is 10.6. The molecule has 2 aromatic carbocycles. The smallest absolute Gasteiger partial charge is 0.258 e. The van der Waals surface area contributed by atoms with Crippen LogP contribution in [0.1, 0.15) is 27.0 Å². The SMILES string of the molecule is COc1ccc(-c2nc(NC(=O)c3cc(C)c(OCc4cccnc4)c(C)c3)n[nH]2)c(OC)c1. The van der Waals surface area contributed by atoms with Gasteiger partial charge in [0.2, 0.25) is 5.95 Å². The monoisotopic (exact) mass is 459 g/mol. The van der Waals surface area contributed by atoms with E-state index in [4.69, 9.17) is 14.2 Å². The fraction of sp³-hybridized carbons (Fsp3) is 0.200. The highest BCUT2D eigenvalue weighted by molar-refractivity contribution is 6.03. The highest BCUT2D eigenvalue weighted by atomic mass is 16.5. The number of hydrogen-bond donors (Lipinski definition) is 2. The van der Waals surface area contributed by atoms with E-state index in [0.29, 0.717) is 35.1 Å². The Morgan fingerprint density at radius 1 is 1.06 bits per heavy atom. The number of methoxy groups -OCH3 is 2. The van der Waals surface area contributed by atoms with Crippen molar-refractivity contribution < 1.29 is 19.0 Å². The van der Waals surface area contributed by atoms with E-state index in [2.05, 4.69) is 25.5 Å². The van der Waals surface area contributed by atoms with Gasteiger partial charge in [0, 0.05) is 29.6 Å². The fourth-order valence-corrected chi connectivity index (χ4v) is 3.55. The fourth-order valence-electron chi connectivity index (χ4n) is 3.55. The van der Waals surface area contributed by atoms with Crippen molar-refractivity contribution in [1.82, 2.24) is 20.2 Å². The maximum Gasteiger partial charge on any atom is 0.258 e. The Hall–Kier alpha value is -4.40. The summed E-state index contributed by atoms with van der Waals surface area (Å²) in [5.74, 6) is 2.27. The highest BCUT2D eigenvalue weighted by Crippen LogP contribution is 2.32. The van der Waals surface area contributed by atoms with Crippen LogP contribution in [-0.4, -0.2) is 40.3 Å². The third kappa shape index (κ3) is 4.98. The van der Waals surface area contributed by atoms with Gasteiger partial charge in [-0.25, -0.2) is 0 Å². The molecule has 4 aromatic rings. The molecule has 9 nitrogen and oxygen atoms in total. The molecule has 2 heterocycles. The van der Waals surface area contributed by atoms with Crippen molar-refractivity contribution in [3.63, 3.8) is 0 Å². The molecule has 174 valence electrons. The number of ether oxygens (including phenoxy) is 3. The number of nitrogens with zero attached hydrogens (tertiary/aromatic N) is 3. The van der Waals surface area contributed by atoms with Gasteiger partial charge in [-0.1, -0.05) is 6.07 Å². The number of amides is 1. The van der Waals surface area contributed by atoms with Gasteiger partial charge < -0.3 is 14.2 Å². The van der Waals surface area contributed by atoms with Crippen LogP contribution >= 0.6 is 0 Å². The second-order valence-corrected chi connectivity index (χ2v) is 7.62. The number of hydrogen-bond acceptors (Lipinski definition) is 7. The Balaban J connectivity index is 1.48. The molecule has 0 aliphatic carbocycles. The van der Waals surface area contributed by atoms with Gasteiger partial charge >= 0.3 is 0 Å². The van der Waals surface area contributed by atoms with Gasteiger partial charge in [-0.15, -0.1) is 5.10 Å². The summed E-state index contributed by atoms with van der Waals surface area (Å²) in [5, 5.41) is 9.68. The van der Waals surface area contributed by atoms with Crippen LogP contribution in [0.5, 0.6) is 17.2 Å². The van der Waals surface area contributed by atoms with Crippen LogP contribution in [0.3, 0.4) is 0 Å². The number of benzene rings is 2. The molecular weight excluding hydrogens is 434 g/mol. The first kappa shape index (κ1) is 22.8. The van der Waals surface area contributed by atoms with E-state index in [1.54, 1.807) is 56.9 Å². The summed E-state index contributed by atoms with van der Waals surface area (Å²) >= 11 is 0. The topological polar surface area (TPSA) is 111 Å². The minimum absolute atomic E-state index is 0.157. The van der Waals surface area contributed by atoms with Crippen molar-refractivity contribution in [3.8, 4) is 28.6 Å². The number of anilines is 1. The summed E-state index contributed by atoms with van der Waals surface area (Å²) in [5.41, 5.74) is 3.85. The Bertz CT molecular complexity index is 1280. The molecule has 0 saturated heterocycles. The van der Waals surface area contributed by atoms with Gasteiger partial charge in [-0.2, -0.15) is 4.98 Å². The number of pyridine rings is 1. The molecule has 0 bridgehead atoms. The van der Waals surface area contributed by atoms with Crippen LogP contribution in [0.15, 0.2) is 54.9 Å². The molecule has 0 aliphatic heterocycles. The van der Waals surface area contributed by atoms with Crippen LogP contribution in [0, 0.1) is 13.8 Å². The first-order chi connectivity index (χ1) is 16.5. The van der Waals surface area contributed by atoms with E-state index in [1.165, 1.54) is 0 Å². The summed E-state index contributed by atoms with van der Waals surface area (Å²) in [6, 6.07) is 12.7. The lowest BCUT2D eigenvalue weighted by atomic mass is 10.1. The zero-order valence-electron chi connectivity index (χ0n) is 19.4. The molecule has 34 heavy (non-hydrogen) atoms. The summed E-state index contributed by atoms with van der Waals surface area (Å²) in [7, 11) is 3.14. The summed E-state index contributed by atoms with van der Waals surface area (Å²) < 4.78 is 16.6. The third-order valence-electron chi connectivity index (χ3n) is 5.20. The molecule has 2 aromatic heterocycles. The van der Waals surface area contributed by atoms with Crippen LogP contribution in [0.25, 0.3) is 11.4 Å². The average Bonchev–Trinajstić information content (AvgIpc) is 3.31. The Morgan fingerprint density at radius 3 is 2.53 bits per heavy atom. The van der Waals surface area contributed by atoms with E-state index in [0.717, 1.165) is 22.4 Å². The van der Waals surface area contributed by atoms with Crippen molar-refractivity contribution >= 4 is 11.9 Å². The van der Waals surface area contributed by atoms with Gasteiger partial charge in [0.25, 0.3) is 5.91 Å². The van der Waals surface area contributed by atoms with Crippen LogP contribution in [0.2, 0.25) is 0 Å². The molecule has 0 radical (unpaired) electrons. The zero-order valence-corrected chi connectivity index (χ0v) is 19.4. The van der Waals surface area contributed by atoms with Gasteiger partial charge in [0.1, 0.15) is 23.9 Å². The maximum absolute atomic E-state index is 12.9. The summed E-state index contributed by atoms with van der Waals surface area (Å²) in [4.78, 5) is 21.3. The lowest BCUT2D eigenvalue weighted by Gasteiger charge is -2.14. The molecule has 9 heteroatoms. The average molecular weight is 460 g/mol. The van der Waals surface area contributed by atoms with Gasteiger partial charge in [0.15, 0.2) is 5.82 Å². The van der Waals surface area contributed by atoms with Crippen molar-refractivity contribution in [2.75, 3.05) is 19.5 Å². The quantitative estimate of drug-likeness (QED) is 0.403. The van der Waals surface area contributed by atoms with E-state index >= 15 is 0 Å². The highest BCUT2D eigenvalue weighted by Gasteiger charge is 2.16. The molecule has 0 aliphatic rings. The molecule has 4 rings (SSSR count). The number of aromatic amines is 1. The zero-order chi connectivity index (χ0) is 24.1. The number of aryl methyl sites for hydroxylation is 2. The lowest BCUT2D eigenvalue weighted by molar-refractivity contribution is 0.102. The van der Waals surface area contributed by atoms with Crippen LogP contribution < -0.4 is 19.5 Å². The van der Waals surface area contributed by atoms with E-state index in [1.807, 2.05) is 26.0 Å². The van der Waals surface area contributed by atoms with E-state index in [9.17, 15) is 4.79 Å². The number of carbonyl (C=O) groups excluding carboxylic acids is 1. The largest absolute Gasteiger partial charge is 0.497 e. The molecule has 0 fully saturated rings. The van der Waals surface area contributed by atoms with Crippen molar-refractivity contribution in [2.45, 2.75) is 20.5 Å². The minimum atomic E-state index is -0.322. The Kier molecular flexibility index (Phi) is 6.72. The second-order valence-electron chi connectivity index (χ2n) is 7.62. The van der Waals surface area contributed by atoms with Crippen LogP contribution in [-0.2, 0) is 6.61 Å². The number of H-pyrrole nitrogens is 1. The van der Waals surface area contributed by atoms with Gasteiger partial charge in [-0.3, -0.25) is 20.2 Å². The van der Waals surface area contributed by atoms with Gasteiger partial charge in [0.05, 0.1) is 19.8 Å². The summed E-state index contributed by atoms with van der Waals surface area (Å²) in [6.45, 7) is 4.21. The number of rotatable bonds is 8. The first-order valence-electron chi connectivity index (χ1n) is 10.6. The van der Waals surface area contributed by atoms with Crippen molar-refractivity contribution in [2.24, 2.45) is 0 Å². The maximum atomic E-state index is 12.9. The number of carbonyl (C=O) groups is 1. The standard InChI is InChI=1S/C25H25N5O4/c1-15-10-18(11-16(2)22(15)34-14-17-6-5-9-26-13-17)24(31)28-25-27-23(29-30-25)20-8-7-19(32-3)12-21(20)33-4/h5-13H,14H2,1-4H3,(H2,27,28,29,30,31). The van der Waals surface area contributed by atoms with E-state index < -0.39 is 0 Å². The number of nitrogens with one attached hydrogen (secondary N) is 2. The van der Waals surface area contributed by atoms with Crippen molar-refractivity contribution in [1.29, 1.82) is 0 Å². The van der Waals surface area contributed by atoms with Crippen molar-refractivity contribution in [3.05, 3.63) is 77.1 Å². The molecule has 0 atom stereocenters. The van der Waals surface area contributed by atoms with Gasteiger partial charge in [-0.05, 0) is 55.3 Å². The second kappa shape index (κ2) is 10.0. The molecule has 2 N–H and O–H groups in total. The molecular formula is C25H25N5O4. The molecule has 0 spiro atoms. The Morgan fingerprint density at radius 2 is 1.85 bits per heavy atom. The summed E-state index contributed by atoms with van der Waals surface area (Å²) in [6.07, 6.45) is 3.48. The van der Waals surface area contributed by atoms with E-state index in [-0.39, 0.29) is 11.9 Å². The number of aromatic nitrogens is 4. The third-order valence-corrected chi connectivity index (χ3v) is 5.20. The predicted octanol–water partition coefficient (Wildman–Crippen LogP) is 4.33. The predicted molar refractivity (Wildman–Crippen MR) is 127 cm³/mol. The minimum Gasteiger partial charge on any atom is -0.497 e. The normalized spacial score (nSPS) is 10.6. The molecule has 0 saturated carbocycles. The lowest BCUT2D eigenvalue weighted by Crippen LogP contribution is -2.14. The molecule has 1 amide bonds.